The van der Waals surface area contributed by atoms with Gasteiger partial charge >= 0.3 is 0 Å². The third-order valence-corrected chi connectivity index (χ3v) is 4.53. The van der Waals surface area contributed by atoms with Crippen molar-refractivity contribution in [2.45, 2.75) is 71.1 Å². The molecule has 2 rings (SSSR count). The van der Waals surface area contributed by atoms with Gasteiger partial charge in [-0.3, -0.25) is 4.79 Å². The Kier molecular flexibility index (Phi) is 4.82. The fourth-order valence-corrected chi connectivity index (χ4v) is 3.46. The van der Waals surface area contributed by atoms with Crippen molar-refractivity contribution >= 4 is 5.78 Å². The van der Waals surface area contributed by atoms with Gasteiger partial charge in [-0.05, 0) is 43.6 Å². The predicted octanol–water partition coefficient (Wildman–Crippen LogP) is 4.66. The van der Waals surface area contributed by atoms with Gasteiger partial charge in [0.2, 0.25) is 0 Å². The first-order valence-corrected chi connectivity index (χ1v) is 7.53. The average molecular weight is 234 g/mol. The zero-order valence-corrected chi connectivity index (χ0v) is 11.2. The molecule has 1 saturated carbocycles. The van der Waals surface area contributed by atoms with E-state index in [1.54, 1.807) is 0 Å². The fraction of sp³-hybridized carbons (Fsp3) is 0.812. The third-order valence-electron chi connectivity index (χ3n) is 4.53. The monoisotopic (exact) mass is 234 g/mol. The van der Waals surface area contributed by atoms with E-state index < -0.39 is 0 Å². The zero-order valence-electron chi connectivity index (χ0n) is 11.2. The summed E-state index contributed by atoms with van der Waals surface area (Å²) >= 11 is 0. The average Bonchev–Trinajstić information content (AvgIpc) is 2.35. The van der Waals surface area contributed by atoms with E-state index in [1.807, 2.05) is 6.08 Å². The predicted molar refractivity (Wildman–Crippen MR) is 71.9 cm³/mol. The molecule has 0 aliphatic heterocycles. The maximum absolute atomic E-state index is 11.4. The first-order valence-electron chi connectivity index (χ1n) is 7.53. The summed E-state index contributed by atoms with van der Waals surface area (Å²) in [7, 11) is 0. The number of carbonyl (C=O) groups excluding carboxylic acids is 1. The van der Waals surface area contributed by atoms with E-state index in [-0.39, 0.29) is 0 Å². The maximum atomic E-state index is 11.4. The van der Waals surface area contributed by atoms with Crippen molar-refractivity contribution in [2.75, 3.05) is 0 Å². The van der Waals surface area contributed by atoms with Crippen LogP contribution in [0.15, 0.2) is 11.6 Å². The molecule has 0 aromatic rings. The van der Waals surface area contributed by atoms with E-state index in [4.69, 9.17) is 0 Å². The summed E-state index contributed by atoms with van der Waals surface area (Å²) < 4.78 is 0. The number of hydrogen-bond acceptors (Lipinski definition) is 1. The molecule has 2 atom stereocenters. The molecule has 0 spiro atoms. The highest BCUT2D eigenvalue weighted by Crippen LogP contribution is 2.40. The molecule has 17 heavy (non-hydrogen) atoms. The van der Waals surface area contributed by atoms with Crippen LogP contribution in [0.3, 0.4) is 0 Å². The number of ketones is 1. The van der Waals surface area contributed by atoms with Crippen molar-refractivity contribution in [3.8, 4) is 0 Å². The first-order chi connectivity index (χ1) is 8.29. The topological polar surface area (TPSA) is 17.1 Å². The standard InChI is InChI=1S/C16H26O/c1-2-3-4-5-6-13-7-8-15-12-16(17)10-9-14(15)11-13/h12-14H,2-11H2,1H3. The van der Waals surface area contributed by atoms with E-state index >= 15 is 0 Å². The molecule has 1 fully saturated rings. The van der Waals surface area contributed by atoms with Crippen LogP contribution < -0.4 is 0 Å². The second-order valence-electron chi connectivity index (χ2n) is 5.91. The smallest absolute Gasteiger partial charge is 0.155 e. The lowest BCUT2D eigenvalue weighted by Gasteiger charge is -2.33. The number of carbonyl (C=O) groups is 1. The molecule has 0 aromatic carbocycles. The van der Waals surface area contributed by atoms with Gasteiger partial charge in [-0.15, -0.1) is 0 Å². The lowest BCUT2D eigenvalue weighted by Crippen LogP contribution is -2.22. The Morgan fingerprint density at radius 2 is 2.06 bits per heavy atom. The lowest BCUT2D eigenvalue weighted by atomic mass is 9.72. The molecule has 96 valence electrons. The molecule has 1 nitrogen and oxygen atoms in total. The molecule has 2 aliphatic carbocycles. The van der Waals surface area contributed by atoms with E-state index in [2.05, 4.69) is 6.92 Å². The number of hydrogen-bond donors (Lipinski definition) is 0. The highest BCUT2D eigenvalue weighted by Gasteiger charge is 2.28. The molecule has 2 aliphatic rings. The summed E-state index contributed by atoms with van der Waals surface area (Å²) in [5, 5.41) is 0. The van der Waals surface area contributed by atoms with Gasteiger partial charge < -0.3 is 0 Å². The van der Waals surface area contributed by atoms with Crippen LogP contribution in [0.2, 0.25) is 0 Å². The van der Waals surface area contributed by atoms with Crippen molar-refractivity contribution in [3.05, 3.63) is 11.6 Å². The van der Waals surface area contributed by atoms with Gasteiger partial charge in [-0.25, -0.2) is 0 Å². The molecule has 1 heteroatoms. The number of unbranched alkanes of at least 4 members (excludes halogenated alkanes) is 3. The summed E-state index contributed by atoms with van der Waals surface area (Å²) in [6, 6.07) is 0. The Labute approximate surface area is 106 Å². The van der Waals surface area contributed by atoms with Crippen LogP contribution in [0.5, 0.6) is 0 Å². The van der Waals surface area contributed by atoms with Gasteiger partial charge in [-0.1, -0.05) is 44.6 Å². The van der Waals surface area contributed by atoms with Gasteiger partial charge in [0.1, 0.15) is 0 Å². The van der Waals surface area contributed by atoms with Crippen molar-refractivity contribution in [1.29, 1.82) is 0 Å². The molecular weight excluding hydrogens is 208 g/mol. The minimum Gasteiger partial charge on any atom is -0.295 e. The van der Waals surface area contributed by atoms with Crippen LogP contribution >= 0.6 is 0 Å². The van der Waals surface area contributed by atoms with Crippen molar-refractivity contribution in [2.24, 2.45) is 11.8 Å². The van der Waals surface area contributed by atoms with Crippen LogP contribution in [-0.4, -0.2) is 5.78 Å². The van der Waals surface area contributed by atoms with Crippen molar-refractivity contribution < 1.29 is 4.79 Å². The van der Waals surface area contributed by atoms with Gasteiger partial charge in [0.15, 0.2) is 5.78 Å². The van der Waals surface area contributed by atoms with Crippen LogP contribution in [0, 0.1) is 11.8 Å². The molecule has 0 aromatic heterocycles. The first kappa shape index (κ1) is 12.9. The van der Waals surface area contributed by atoms with Gasteiger partial charge in [0.05, 0.1) is 0 Å². The van der Waals surface area contributed by atoms with Crippen molar-refractivity contribution in [1.82, 2.24) is 0 Å². The minimum absolute atomic E-state index is 0.373. The third kappa shape index (κ3) is 3.69. The number of allylic oxidation sites excluding steroid dienone is 2. The Morgan fingerprint density at radius 3 is 2.88 bits per heavy atom. The maximum Gasteiger partial charge on any atom is 0.155 e. The quantitative estimate of drug-likeness (QED) is 0.632. The number of rotatable bonds is 5. The summed E-state index contributed by atoms with van der Waals surface area (Å²) in [5.74, 6) is 2.08. The lowest BCUT2D eigenvalue weighted by molar-refractivity contribution is -0.115. The summed E-state index contributed by atoms with van der Waals surface area (Å²) in [4.78, 5) is 11.4. The molecular formula is C16H26O. The SMILES string of the molecule is CCCCCCC1CCC2=CC(=O)CCC2C1. The highest BCUT2D eigenvalue weighted by atomic mass is 16.1. The molecule has 0 heterocycles. The number of fused-ring (bicyclic) bond motifs is 1. The summed E-state index contributed by atoms with van der Waals surface area (Å²) in [5.41, 5.74) is 1.48. The Hall–Kier alpha value is -0.590. The highest BCUT2D eigenvalue weighted by molar-refractivity contribution is 5.91. The molecule has 0 radical (unpaired) electrons. The molecule has 0 saturated heterocycles. The largest absolute Gasteiger partial charge is 0.295 e. The van der Waals surface area contributed by atoms with Gasteiger partial charge in [-0.2, -0.15) is 0 Å². The van der Waals surface area contributed by atoms with E-state index in [0.717, 1.165) is 24.7 Å². The van der Waals surface area contributed by atoms with E-state index in [1.165, 1.54) is 56.9 Å². The van der Waals surface area contributed by atoms with Gasteiger partial charge in [0, 0.05) is 6.42 Å². The Balaban J connectivity index is 1.75. The van der Waals surface area contributed by atoms with E-state index in [0.29, 0.717) is 5.78 Å². The fourth-order valence-electron chi connectivity index (χ4n) is 3.46. The summed E-state index contributed by atoms with van der Waals surface area (Å²) in [6.07, 6.45) is 14.8. The Bertz CT molecular complexity index is 290. The normalized spacial score (nSPS) is 28.8. The van der Waals surface area contributed by atoms with Crippen LogP contribution in [0.4, 0.5) is 0 Å². The second-order valence-corrected chi connectivity index (χ2v) is 5.91. The molecule has 0 N–H and O–H groups in total. The zero-order chi connectivity index (χ0) is 12.1. The van der Waals surface area contributed by atoms with Gasteiger partial charge in [0.25, 0.3) is 0 Å². The molecule has 0 bridgehead atoms. The second kappa shape index (κ2) is 6.37. The van der Waals surface area contributed by atoms with Crippen LogP contribution in [0.1, 0.15) is 71.1 Å². The van der Waals surface area contributed by atoms with Crippen molar-refractivity contribution in [3.63, 3.8) is 0 Å². The molecule has 2 unspecified atom stereocenters. The van der Waals surface area contributed by atoms with Crippen LogP contribution in [-0.2, 0) is 4.79 Å². The minimum atomic E-state index is 0.373. The van der Waals surface area contributed by atoms with Crippen LogP contribution in [0.25, 0.3) is 0 Å². The Morgan fingerprint density at radius 1 is 1.18 bits per heavy atom. The molecule has 0 amide bonds. The summed E-state index contributed by atoms with van der Waals surface area (Å²) in [6.45, 7) is 2.27. The van der Waals surface area contributed by atoms with E-state index in [9.17, 15) is 4.79 Å².